The van der Waals surface area contributed by atoms with Crippen LogP contribution < -0.4 is 0 Å². The lowest BCUT2D eigenvalue weighted by Gasteiger charge is -2.34. The van der Waals surface area contributed by atoms with E-state index in [0.29, 0.717) is 16.6 Å². The standard InChI is InChI=1S/C17H30INO3/c1-11-6-7-13(8-12(11)2)21-15-10-19(9-14(15)18)16(20)22-17(3,4)5/h11-15H,6-10H2,1-5H3. The highest BCUT2D eigenvalue weighted by Gasteiger charge is 2.38. The Bertz CT molecular complexity index is 396. The second kappa shape index (κ2) is 7.24. The Labute approximate surface area is 148 Å². The molecule has 0 aromatic heterocycles. The van der Waals surface area contributed by atoms with Crippen molar-refractivity contribution in [1.29, 1.82) is 0 Å². The smallest absolute Gasteiger partial charge is 0.410 e. The Balaban J connectivity index is 1.85. The fraction of sp³-hybridized carbons (Fsp3) is 0.941. The molecule has 1 amide bonds. The highest BCUT2D eigenvalue weighted by atomic mass is 127. The van der Waals surface area contributed by atoms with Crippen LogP contribution in [-0.4, -0.2) is 45.8 Å². The number of alkyl halides is 1. The second-order valence-electron chi connectivity index (χ2n) is 7.97. The van der Waals surface area contributed by atoms with Crippen molar-refractivity contribution < 1.29 is 14.3 Å². The molecule has 0 aromatic rings. The van der Waals surface area contributed by atoms with Crippen LogP contribution in [0.5, 0.6) is 0 Å². The molecular formula is C17H30INO3. The lowest BCUT2D eigenvalue weighted by atomic mass is 9.80. The van der Waals surface area contributed by atoms with E-state index >= 15 is 0 Å². The summed E-state index contributed by atoms with van der Waals surface area (Å²) in [6.45, 7) is 11.7. The number of likely N-dealkylation sites (tertiary alicyclic amines) is 1. The summed E-state index contributed by atoms with van der Waals surface area (Å²) < 4.78 is 12.2. The zero-order valence-electron chi connectivity index (χ0n) is 14.5. The van der Waals surface area contributed by atoms with E-state index in [4.69, 9.17) is 9.47 Å². The van der Waals surface area contributed by atoms with Crippen LogP contribution in [0.25, 0.3) is 0 Å². The Kier molecular flexibility index (Phi) is 6.02. The van der Waals surface area contributed by atoms with Gasteiger partial charge < -0.3 is 14.4 Å². The van der Waals surface area contributed by atoms with E-state index in [1.807, 2.05) is 20.8 Å². The average molecular weight is 423 g/mol. The van der Waals surface area contributed by atoms with E-state index in [-0.39, 0.29) is 12.2 Å². The number of rotatable bonds is 2. The van der Waals surface area contributed by atoms with Crippen molar-refractivity contribution in [3.05, 3.63) is 0 Å². The molecule has 128 valence electrons. The van der Waals surface area contributed by atoms with Crippen molar-refractivity contribution in [3.63, 3.8) is 0 Å². The van der Waals surface area contributed by atoms with Crippen molar-refractivity contribution in [2.24, 2.45) is 11.8 Å². The molecule has 4 nitrogen and oxygen atoms in total. The number of hydrogen-bond acceptors (Lipinski definition) is 3. The molecule has 1 aliphatic heterocycles. The summed E-state index contributed by atoms with van der Waals surface area (Å²) in [7, 11) is 0. The van der Waals surface area contributed by atoms with Gasteiger partial charge in [0.15, 0.2) is 0 Å². The highest BCUT2D eigenvalue weighted by Crippen LogP contribution is 2.33. The molecule has 1 saturated carbocycles. The average Bonchev–Trinajstić information content (AvgIpc) is 2.74. The maximum atomic E-state index is 12.2. The SMILES string of the molecule is CC1CCC(OC2CN(C(=O)OC(C)(C)C)CC2I)CC1C. The summed E-state index contributed by atoms with van der Waals surface area (Å²) in [4.78, 5) is 14.0. The van der Waals surface area contributed by atoms with Crippen molar-refractivity contribution in [2.45, 2.75) is 75.6 Å². The molecule has 5 atom stereocenters. The van der Waals surface area contributed by atoms with Gasteiger partial charge in [0.1, 0.15) is 5.60 Å². The number of carbonyl (C=O) groups excluding carboxylic acids is 1. The lowest BCUT2D eigenvalue weighted by molar-refractivity contribution is -0.0405. The van der Waals surface area contributed by atoms with Gasteiger partial charge in [-0.05, 0) is 51.9 Å². The molecule has 0 aromatic carbocycles. The summed E-state index contributed by atoms with van der Waals surface area (Å²) in [5.74, 6) is 1.53. The van der Waals surface area contributed by atoms with Crippen LogP contribution in [-0.2, 0) is 9.47 Å². The minimum absolute atomic E-state index is 0.138. The predicted molar refractivity (Wildman–Crippen MR) is 96.5 cm³/mol. The van der Waals surface area contributed by atoms with Crippen molar-refractivity contribution in [2.75, 3.05) is 13.1 Å². The van der Waals surface area contributed by atoms with Crippen LogP contribution in [0.3, 0.4) is 0 Å². The molecule has 0 bridgehead atoms. The fourth-order valence-electron chi connectivity index (χ4n) is 3.21. The normalized spacial score (nSPS) is 36.5. The third kappa shape index (κ3) is 4.98. The van der Waals surface area contributed by atoms with E-state index < -0.39 is 5.60 Å². The van der Waals surface area contributed by atoms with Gasteiger partial charge in [-0.1, -0.05) is 36.4 Å². The van der Waals surface area contributed by atoms with Crippen molar-refractivity contribution in [1.82, 2.24) is 4.90 Å². The van der Waals surface area contributed by atoms with Gasteiger partial charge in [0.2, 0.25) is 0 Å². The van der Waals surface area contributed by atoms with Gasteiger partial charge >= 0.3 is 6.09 Å². The van der Waals surface area contributed by atoms with Crippen LogP contribution in [0.15, 0.2) is 0 Å². The maximum absolute atomic E-state index is 12.2. The third-order valence-corrected chi connectivity index (χ3v) is 5.96. The maximum Gasteiger partial charge on any atom is 0.410 e. The topological polar surface area (TPSA) is 38.8 Å². The van der Waals surface area contributed by atoms with Crippen LogP contribution in [0.4, 0.5) is 4.79 Å². The van der Waals surface area contributed by atoms with Gasteiger partial charge in [0.25, 0.3) is 0 Å². The second-order valence-corrected chi connectivity index (χ2v) is 9.57. The van der Waals surface area contributed by atoms with Gasteiger partial charge in [0, 0.05) is 6.54 Å². The molecule has 5 heteroatoms. The van der Waals surface area contributed by atoms with E-state index in [0.717, 1.165) is 31.2 Å². The van der Waals surface area contributed by atoms with Crippen LogP contribution in [0.2, 0.25) is 0 Å². The zero-order valence-corrected chi connectivity index (χ0v) is 16.6. The summed E-state index contributed by atoms with van der Waals surface area (Å²) in [5, 5.41) is 0. The zero-order chi connectivity index (χ0) is 16.5. The first kappa shape index (κ1) is 18.3. The Hall–Kier alpha value is -0.0400. The molecule has 1 saturated heterocycles. The Morgan fingerprint density at radius 1 is 1.14 bits per heavy atom. The van der Waals surface area contributed by atoms with Crippen molar-refractivity contribution in [3.8, 4) is 0 Å². The van der Waals surface area contributed by atoms with E-state index in [1.54, 1.807) is 4.90 Å². The number of halogens is 1. The largest absolute Gasteiger partial charge is 0.444 e. The lowest BCUT2D eigenvalue weighted by Crippen LogP contribution is -2.37. The summed E-state index contributed by atoms with van der Waals surface area (Å²) in [6.07, 6.45) is 3.82. The first-order valence-corrected chi connectivity index (χ1v) is 9.67. The summed E-state index contributed by atoms with van der Waals surface area (Å²) in [5.41, 5.74) is -0.439. The molecule has 0 spiro atoms. The number of amides is 1. The molecule has 5 unspecified atom stereocenters. The molecule has 2 fully saturated rings. The molecule has 2 rings (SSSR count). The number of ether oxygens (including phenoxy) is 2. The van der Waals surface area contributed by atoms with Crippen molar-refractivity contribution >= 4 is 28.7 Å². The molecule has 2 aliphatic rings. The molecular weight excluding hydrogens is 393 g/mol. The molecule has 1 aliphatic carbocycles. The van der Waals surface area contributed by atoms with Crippen LogP contribution in [0, 0.1) is 11.8 Å². The number of carbonyl (C=O) groups is 1. The quantitative estimate of drug-likeness (QED) is 0.493. The minimum atomic E-state index is -0.439. The van der Waals surface area contributed by atoms with Gasteiger partial charge in [-0.25, -0.2) is 4.79 Å². The van der Waals surface area contributed by atoms with Crippen LogP contribution >= 0.6 is 22.6 Å². The number of nitrogens with zero attached hydrogens (tertiary/aromatic N) is 1. The van der Waals surface area contributed by atoms with E-state index in [2.05, 4.69) is 36.4 Å². The van der Waals surface area contributed by atoms with E-state index in [1.165, 1.54) is 6.42 Å². The van der Waals surface area contributed by atoms with Crippen LogP contribution in [0.1, 0.15) is 53.9 Å². The minimum Gasteiger partial charge on any atom is -0.444 e. The van der Waals surface area contributed by atoms with Gasteiger partial charge in [-0.3, -0.25) is 0 Å². The fourth-order valence-corrected chi connectivity index (χ4v) is 4.08. The van der Waals surface area contributed by atoms with E-state index in [9.17, 15) is 4.79 Å². The first-order valence-electron chi connectivity index (χ1n) is 8.43. The monoisotopic (exact) mass is 423 g/mol. The van der Waals surface area contributed by atoms with Gasteiger partial charge in [0.05, 0.1) is 22.7 Å². The summed E-state index contributed by atoms with van der Waals surface area (Å²) in [6, 6.07) is 0. The molecule has 1 heterocycles. The Morgan fingerprint density at radius 2 is 1.82 bits per heavy atom. The Morgan fingerprint density at radius 3 is 2.41 bits per heavy atom. The first-order chi connectivity index (χ1) is 10.2. The van der Waals surface area contributed by atoms with Gasteiger partial charge in [-0.2, -0.15) is 0 Å². The molecule has 0 radical (unpaired) electrons. The van der Waals surface area contributed by atoms with Gasteiger partial charge in [-0.15, -0.1) is 0 Å². The summed E-state index contributed by atoms with van der Waals surface area (Å²) >= 11 is 2.41. The molecule has 22 heavy (non-hydrogen) atoms. The third-order valence-electron chi connectivity index (χ3n) is 4.77. The number of hydrogen-bond donors (Lipinski definition) is 0. The molecule has 0 N–H and O–H groups in total. The highest BCUT2D eigenvalue weighted by molar-refractivity contribution is 14.1. The predicted octanol–water partition coefficient (Wildman–Crippen LogP) is 4.25.